The van der Waals surface area contributed by atoms with Crippen LogP contribution in [0.15, 0.2) is 18.3 Å². The third-order valence-corrected chi connectivity index (χ3v) is 5.32. The van der Waals surface area contributed by atoms with Crippen LogP contribution in [0.2, 0.25) is 5.02 Å². The number of nitrogen functional groups attached to an aromatic ring is 1. The second kappa shape index (κ2) is 5.08. The van der Waals surface area contributed by atoms with E-state index in [1.54, 1.807) is 6.20 Å². The predicted octanol–water partition coefficient (Wildman–Crippen LogP) is 1.49. The number of nitrogens with two attached hydrogens (primary N) is 1. The molecule has 1 saturated heterocycles. The number of piperazine rings is 1. The highest BCUT2D eigenvalue weighted by Crippen LogP contribution is 2.35. The Kier molecular flexibility index (Phi) is 3.51. The Morgan fingerprint density at radius 2 is 1.90 bits per heavy atom. The lowest BCUT2D eigenvalue weighted by molar-refractivity contribution is 0.388. The van der Waals surface area contributed by atoms with Crippen LogP contribution in [-0.2, 0) is 10.0 Å². The summed E-state index contributed by atoms with van der Waals surface area (Å²) in [6.45, 7) is 2.18. The van der Waals surface area contributed by atoms with E-state index in [2.05, 4.69) is 9.88 Å². The van der Waals surface area contributed by atoms with Crippen LogP contribution < -0.4 is 10.6 Å². The Morgan fingerprint density at radius 3 is 2.52 bits per heavy atom. The highest BCUT2D eigenvalue weighted by molar-refractivity contribution is 7.88. The van der Waals surface area contributed by atoms with Gasteiger partial charge in [-0.1, -0.05) is 11.6 Å². The highest BCUT2D eigenvalue weighted by atomic mass is 35.5. The van der Waals surface area contributed by atoms with Crippen molar-refractivity contribution in [3.63, 3.8) is 0 Å². The van der Waals surface area contributed by atoms with E-state index in [4.69, 9.17) is 17.3 Å². The van der Waals surface area contributed by atoms with Crippen molar-refractivity contribution in [2.75, 3.05) is 43.1 Å². The third-order valence-electron chi connectivity index (χ3n) is 3.80. The van der Waals surface area contributed by atoms with Crippen LogP contribution >= 0.6 is 11.6 Å². The molecule has 0 saturated carbocycles. The van der Waals surface area contributed by atoms with Crippen molar-refractivity contribution in [3.8, 4) is 0 Å². The van der Waals surface area contributed by atoms with Crippen LogP contribution in [0.5, 0.6) is 0 Å². The number of rotatable bonds is 2. The van der Waals surface area contributed by atoms with Gasteiger partial charge in [-0.2, -0.15) is 4.31 Å². The molecule has 1 aliphatic rings. The average Bonchev–Trinajstić information content (AvgIpc) is 2.78. The second-order valence-electron chi connectivity index (χ2n) is 5.24. The summed E-state index contributed by atoms with van der Waals surface area (Å²) in [6, 6.07) is 3.72. The summed E-state index contributed by atoms with van der Waals surface area (Å²) in [5.74, 6) is 0. The Hall–Kier alpha value is -1.44. The van der Waals surface area contributed by atoms with Crippen LogP contribution in [0.25, 0.3) is 10.9 Å². The van der Waals surface area contributed by atoms with Gasteiger partial charge in [-0.15, -0.1) is 0 Å². The molecule has 0 unspecified atom stereocenters. The fourth-order valence-electron chi connectivity index (χ4n) is 2.75. The lowest BCUT2D eigenvalue weighted by Gasteiger charge is -2.35. The van der Waals surface area contributed by atoms with Gasteiger partial charge in [0.15, 0.2) is 0 Å². The Labute approximate surface area is 128 Å². The zero-order valence-electron chi connectivity index (χ0n) is 11.6. The first-order chi connectivity index (χ1) is 9.86. The summed E-state index contributed by atoms with van der Waals surface area (Å²) in [5, 5.41) is 1.57. The monoisotopic (exact) mass is 328 g/mol. The van der Waals surface area contributed by atoms with Gasteiger partial charge >= 0.3 is 0 Å². The molecule has 1 aromatic carbocycles. The van der Waals surface area contributed by atoms with Crippen molar-refractivity contribution in [1.29, 1.82) is 0 Å². The van der Waals surface area contributed by atoms with E-state index in [0.717, 1.165) is 16.6 Å². The number of halogens is 1. The fraction of sp³-hybridized carbons (Fsp3) is 0.385. The van der Waals surface area contributed by atoms with Gasteiger partial charge in [-0.05, 0) is 12.1 Å². The predicted molar refractivity (Wildman–Crippen MR) is 86.4 cm³/mol. The largest absolute Gasteiger partial charge is 0.397 e. The molecule has 8 heteroatoms. The molecule has 2 aromatic rings. The minimum absolute atomic E-state index is 0.469. The molecule has 0 bridgehead atoms. The van der Waals surface area contributed by atoms with Crippen LogP contribution in [0.3, 0.4) is 0 Å². The van der Waals surface area contributed by atoms with Crippen molar-refractivity contribution in [2.24, 2.45) is 0 Å². The quantitative estimate of drug-likeness (QED) is 0.875. The molecular formula is C13H17ClN4O2S. The van der Waals surface area contributed by atoms with Gasteiger partial charge in [0.25, 0.3) is 0 Å². The van der Waals surface area contributed by atoms with Crippen LogP contribution in [-0.4, -0.2) is 50.1 Å². The maximum absolute atomic E-state index is 11.6. The van der Waals surface area contributed by atoms with E-state index in [1.165, 1.54) is 10.6 Å². The molecule has 6 nitrogen and oxygen atoms in total. The molecule has 114 valence electrons. The number of aromatic nitrogens is 1. The number of sulfonamides is 1. The first kappa shape index (κ1) is 14.5. The van der Waals surface area contributed by atoms with E-state index in [1.807, 2.05) is 12.1 Å². The van der Waals surface area contributed by atoms with Crippen LogP contribution in [0.1, 0.15) is 0 Å². The standard InChI is InChI=1S/C13H17ClN4O2S/c1-21(19,20)18-4-2-17(3-5-18)12-7-9(14)6-11-13(12)10(15)8-16-11/h6-8,16H,2-5,15H2,1H3. The molecule has 0 amide bonds. The highest BCUT2D eigenvalue weighted by Gasteiger charge is 2.25. The Bertz CT molecular complexity index is 779. The molecule has 0 atom stereocenters. The van der Waals surface area contributed by atoms with Crippen molar-refractivity contribution in [1.82, 2.24) is 9.29 Å². The maximum Gasteiger partial charge on any atom is 0.211 e. The SMILES string of the molecule is CS(=O)(=O)N1CCN(c2cc(Cl)cc3[nH]cc(N)c23)CC1. The number of hydrogen-bond acceptors (Lipinski definition) is 4. The Morgan fingerprint density at radius 1 is 1.24 bits per heavy atom. The third kappa shape index (κ3) is 2.68. The molecule has 2 heterocycles. The zero-order valence-corrected chi connectivity index (χ0v) is 13.2. The van der Waals surface area contributed by atoms with Crippen molar-refractivity contribution in [2.45, 2.75) is 0 Å². The minimum atomic E-state index is -3.13. The number of benzene rings is 1. The summed E-state index contributed by atoms with van der Waals surface area (Å²) in [5.41, 5.74) is 8.53. The van der Waals surface area contributed by atoms with Crippen molar-refractivity contribution < 1.29 is 8.42 Å². The van der Waals surface area contributed by atoms with Gasteiger partial charge in [-0.3, -0.25) is 0 Å². The number of anilines is 2. The first-order valence-electron chi connectivity index (χ1n) is 6.62. The molecule has 3 N–H and O–H groups in total. The summed E-state index contributed by atoms with van der Waals surface area (Å²) in [7, 11) is -3.13. The van der Waals surface area contributed by atoms with Crippen molar-refractivity contribution in [3.05, 3.63) is 23.4 Å². The molecule has 21 heavy (non-hydrogen) atoms. The molecule has 1 aliphatic heterocycles. The zero-order chi connectivity index (χ0) is 15.2. The van der Waals surface area contributed by atoms with E-state index in [9.17, 15) is 8.42 Å². The van der Waals surface area contributed by atoms with Gasteiger partial charge in [0, 0.05) is 48.5 Å². The molecule has 1 aromatic heterocycles. The summed E-state index contributed by atoms with van der Waals surface area (Å²) >= 11 is 6.16. The summed E-state index contributed by atoms with van der Waals surface area (Å²) in [6.07, 6.45) is 2.99. The smallest absolute Gasteiger partial charge is 0.211 e. The molecule has 0 spiro atoms. The molecule has 3 rings (SSSR count). The second-order valence-corrected chi connectivity index (χ2v) is 7.66. The fourth-order valence-corrected chi connectivity index (χ4v) is 3.79. The topological polar surface area (TPSA) is 82.4 Å². The van der Waals surface area contributed by atoms with E-state index in [0.29, 0.717) is 36.9 Å². The van der Waals surface area contributed by atoms with E-state index in [-0.39, 0.29) is 0 Å². The molecule has 1 fully saturated rings. The number of aromatic amines is 1. The molecular weight excluding hydrogens is 312 g/mol. The van der Waals surface area contributed by atoms with E-state index < -0.39 is 10.0 Å². The molecule has 0 aliphatic carbocycles. The number of hydrogen-bond donors (Lipinski definition) is 2. The minimum Gasteiger partial charge on any atom is -0.397 e. The van der Waals surface area contributed by atoms with E-state index >= 15 is 0 Å². The number of fused-ring (bicyclic) bond motifs is 1. The number of H-pyrrole nitrogens is 1. The first-order valence-corrected chi connectivity index (χ1v) is 8.85. The van der Waals surface area contributed by atoms with Gasteiger partial charge in [0.2, 0.25) is 10.0 Å². The lowest BCUT2D eigenvalue weighted by atomic mass is 10.1. The van der Waals surface area contributed by atoms with Crippen molar-refractivity contribution >= 4 is 43.9 Å². The lowest BCUT2D eigenvalue weighted by Crippen LogP contribution is -2.48. The van der Waals surface area contributed by atoms with Gasteiger partial charge in [0.1, 0.15) is 0 Å². The average molecular weight is 329 g/mol. The van der Waals surface area contributed by atoms with Gasteiger partial charge < -0.3 is 15.6 Å². The number of nitrogens with one attached hydrogen (secondary N) is 1. The number of nitrogens with zero attached hydrogens (tertiary/aromatic N) is 2. The van der Waals surface area contributed by atoms with Crippen LogP contribution in [0, 0.1) is 0 Å². The summed E-state index contributed by atoms with van der Waals surface area (Å²) in [4.78, 5) is 5.22. The maximum atomic E-state index is 11.6. The van der Waals surface area contributed by atoms with Gasteiger partial charge in [-0.25, -0.2) is 8.42 Å². The Balaban J connectivity index is 1.94. The van der Waals surface area contributed by atoms with Crippen LogP contribution in [0.4, 0.5) is 11.4 Å². The molecule has 0 radical (unpaired) electrons. The summed E-state index contributed by atoms with van der Waals surface area (Å²) < 4.78 is 24.6. The van der Waals surface area contributed by atoms with Gasteiger partial charge in [0.05, 0.1) is 17.5 Å². The normalized spacial score (nSPS) is 17.5.